The lowest BCUT2D eigenvalue weighted by Gasteiger charge is -2.47. The van der Waals surface area contributed by atoms with E-state index in [-0.39, 0.29) is 10.7 Å². The number of thioether (sulfide) groups is 1. The van der Waals surface area contributed by atoms with E-state index >= 15 is 0 Å². The van der Waals surface area contributed by atoms with E-state index in [1.54, 1.807) is 24.5 Å². The van der Waals surface area contributed by atoms with Gasteiger partial charge in [-0.2, -0.15) is 0 Å². The zero-order chi connectivity index (χ0) is 15.7. The Hall–Kier alpha value is -1.07. The molecule has 0 radical (unpaired) electrons. The van der Waals surface area contributed by atoms with E-state index in [2.05, 4.69) is 4.98 Å². The molecule has 1 amide bonds. The Labute approximate surface area is 142 Å². The van der Waals surface area contributed by atoms with Gasteiger partial charge in [0.25, 0.3) is 5.91 Å². The molecule has 3 aliphatic rings. The van der Waals surface area contributed by atoms with Crippen LogP contribution in [0.1, 0.15) is 42.5 Å². The van der Waals surface area contributed by atoms with Crippen LogP contribution in [0.4, 0.5) is 0 Å². The smallest absolute Gasteiger partial charge is 0.254 e. The number of nitrogens with zero attached hydrogens (tertiary/aromatic N) is 2. The lowest BCUT2D eigenvalue weighted by atomic mass is 9.92. The van der Waals surface area contributed by atoms with Crippen molar-refractivity contribution in [1.82, 2.24) is 9.88 Å². The SMILES string of the molecule is O=C(c1ccncc1)N1CC2(C[C@H](OCC3CCCC3)CS2)C1. The molecule has 0 unspecified atom stereocenters. The van der Waals surface area contributed by atoms with Crippen molar-refractivity contribution in [1.29, 1.82) is 0 Å². The van der Waals surface area contributed by atoms with E-state index in [0.29, 0.717) is 6.10 Å². The zero-order valence-electron chi connectivity index (χ0n) is 13.4. The molecule has 1 aliphatic carbocycles. The highest BCUT2D eigenvalue weighted by molar-refractivity contribution is 8.01. The Kier molecular flexibility index (Phi) is 4.33. The molecular formula is C18H24N2O2S. The van der Waals surface area contributed by atoms with Gasteiger partial charge in [0, 0.05) is 43.4 Å². The summed E-state index contributed by atoms with van der Waals surface area (Å²) in [5.41, 5.74) is 0.742. The predicted octanol–water partition coefficient (Wildman–Crippen LogP) is 2.99. The summed E-state index contributed by atoms with van der Waals surface area (Å²) < 4.78 is 6.42. The third-order valence-electron chi connectivity index (χ3n) is 5.39. The number of pyridine rings is 1. The standard InChI is InChI=1S/C18H24N2O2S/c21-17(15-5-7-19-8-6-15)20-12-18(13-20)9-16(11-23-18)22-10-14-3-1-2-4-14/h5-8,14,16H,1-4,9-13H2/t16-/m0/s1. The Morgan fingerprint density at radius 3 is 2.78 bits per heavy atom. The third-order valence-corrected chi connectivity index (χ3v) is 6.97. The molecule has 2 aliphatic heterocycles. The lowest BCUT2D eigenvalue weighted by Crippen LogP contribution is -2.60. The third kappa shape index (κ3) is 3.26. The summed E-state index contributed by atoms with van der Waals surface area (Å²) >= 11 is 2.01. The van der Waals surface area contributed by atoms with E-state index in [9.17, 15) is 4.79 Å². The summed E-state index contributed by atoms with van der Waals surface area (Å²) in [4.78, 5) is 18.3. The molecule has 3 fully saturated rings. The van der Waals surface area contributed by atoms with Crippen LogP contribution in [0, 0.1) is 5.92 Å². The minimum absolute atomic E-state index is 0.133. The summed E-state index contributed by atoms with van der Waals surface area (Å²) in [6.45, 7) is 2.67. The maximum Gasteiger partial charge on any atom is 0.254 e. The van der Waals surface area contributed by atoms with Crippen molar-refractivity contribution >= 4 is 17.7 Å². The van der Waals surface area contributed by atoms with Crippen molar-refractivity contribution < 1.29 is 9.53 Å². The molecule has 1 saturated carbocycles. The van der Waals surface area contributed by atoms with Crippen LogP contribution in [0.2, 0.25) is 0 Å². The van der Waals surface area contributed by atoms with Gasteiger partial charge in [-0.15, -0.1) is 11.8 Å². The van der Waals surface area contributed by atoms with Gasteiger partial charge in [0.05, 0.1) is 10.9 Å². The van der Waals surface area contributed by atoms with Gasteiger partial charge in [-0.25, -0.2) is 0 Å². The molecule has 0 bridgehead atoms. The van der Waals surface area contributed by atoms with Crippen molar-refractivity contribution in [3.63, 3.8) is 0 Å². The molecule has 2 saturated heterocycles. The normalized spacial score (nSPS) is 26.6. The van der Waals surface area contributed by atoms with Crippen LogP contribution in [-0.4, -0.2) is 52.1 Å². The van der Waals surface area contributed by atoms with Gasteiger partial charge in [-0.1, -0.05) is 12.8 Å². The summed E-state index contributed by atoms with van der Waals surface area (Å²) in [6, 6.07) is 3.59. The number of likely N-dealkylation sites (tertiary alicyclic amines) is 1. The van der Waals surface area contributed by atoms with E-state index in [0.717, 1.165) is 43.4 Å². The van der Waals surface area contributed by atoms with Crippen LogP contribution in [0.3, 0.4) is 0 Å². The van der Waals surface area contributed by atoms with Gasteiger partial charge in [0.1, 0.15) is 0 Å². The Balaban J connectivity index is 1.25. The molecule has 3 heterocycles. The first kappa shape index (κ1) is 15.5. The second-order valence-corrected chi connectivity index (χ2v) is 8.69. The van der Waals surface area contributed by atoms with Gasteiger partial charge in [-0.05, 0) is 37.3 Å². The minimum atomic E-state index is 0.133. The van der Waals surface area contributed by atoms with Gasteiger partial charge in [0.2, 0.25) is 0 Å². The van der Waals surface area contributed by atoms with Gasteiger partial charge < -0.3 is 9.64 Å². The lowest BCUT2D eigenvalue weighted by molar-refractivity contribution is 0.0197. The van der Waals surface area contributed by atoms with E-state index in [1.165, 1.54) is 25.7 Å². The largest absolute Gasteiger partial charge is 0.377 e. The molecule has 0 N–H and O–H groups in total. The Morgan fingerprint density at radius 1 is 1.30 bits per heavy atom. The molecule has 23 heavy (non-hydrogen) atoms. The number of carbonyl (C=O) groups excluding carboxylic acids is 1. The average Bonchev–Trinajstić information content (AvgIpc) is 3.21. The molecule has 4 rings (SSSR count). The van der Waals surface area contributed by atoms with E-state index in [4.69, 9.17) is 4.74 Å². The summed E-state index contributed by atoms with van der Waals surface area (Å²) in [5, 5.41) is 0. The van der Waals surface area contributed by atoms with Crippen LogP contribution in [-0.2, 0) is 4.74 Å². The highest BCUT2D eigenvalue weighted by Gasteiger charge is 2.51. The number of amides is 1. The highest BCUT2D eigenvalue weighted by Crippen LogP contribution is 2.46. The monoisotopic (exact) mass is 332 g/mol. The van der Waals surface area contributed by atoms with Crippen LogP contribution in [0.25, 0.3) is 0 Å². The molecule has 1 spiro atoms. The first-order valence-corrected chi connectivity index (χ1v) is 9.68. The second kappa shape index (κ2) is 6.44. The summed E-state index contributed by atoms with van der Waals surface area (Å²) in [6.07, 6.45) is 10.3. The van der Waals surface area contributed by atoms with Gasteiger partial charge >= 0.3 is 0 Å². The van der Waals surface area contributed by atoms with Gasteiger partial charge in [0.15, 0.2) is 0 Å². The molecule has 1 aromatic rings. The fourth-order valence-corrected chi connectivity index (χ4v) is 5.60. The average molecular weight is 332 g/mol. The highest BCUT2D eigenvalue weighted by atomic mass is 32.2. The van der Waals surface area contributed by atoms with Gasteiger partial charge in [-0.3, -0.25) is 9.78 Å². The van der Waals surface area contributed by atoms with Crippen LogP contribution in [0.15, 0.2) is 24.5 Å². The fraction of sp³-hybridized carbons (Fsp3) is 0.667. The number of ether oxygens (including phenoxy) is 1. The molecule has 0 aromatic carbocycles. The molecule has 1 aromatic heterocycles. The zero-order valence-corrected chi connectivity index (χ0v) is 14.3. The predicted molar refractivity (Wildman–Crippen MR) is 91.6 cm³/mol. The summed E-state index contributed by atoms with van der Waals surface area (Å²) in [7, 11) is 0. The first-order valence-electron chi connectivity index (χ1n) is 8.69. The number of hydrogen-bond donors (Lipinski definition) is 0. The van der Waals surface area contributed by atoms with Crippen molar-refractivity contribution in [3.8, 4) is 0 Å². The maximum absolute atomic E-state index is 12.4. The Morgan fingerprint density at radius 2 is 2.04 bits per heavy atom. The quantitative estimate of drug-likeness (QED) is 0.850. The first-order chi connectivity index (χ1) is 11.2. The molecule has 124 valence electrons. The van der Waals surface area contributed by atoms with Crippen molar-refractivity contribution in [2.75, 3.05) is 25.4 Å². The van der Waals surface area contributed by atoms with Crippen molar-refractivity contribution in [3.05, 3.63) is 30.1 Å². The number of rotatable bonds is 4. The van der Waals surface area contributed by atoms with Crippen LogP contribution in [0.5, 0.6) is 0 Å². The number of carbonyl (C=O) groups is 1. The number of hydrogen-bond acceptors (Lipinski definition) is 4. The maximum atomic E-state index is 12.4. The molecule has 1 atom stereocenters. The van der Waals surface area contributed by atoms with Crippen LogP contribution >= 0.6 is 11.8 Å². The van der Waals surface area contributed by atoms with E-state index in [1.807, 2.05) is 16.7 Å². The topological polar surface area (TPSA) is 42.4 Å². The van der Waals surface area contributed by atoms with Crippen molar-refractivity contribution in [2.45, 2.75) is 43.0 Å². The fourth-order valence-electron chi connectivity index (χ4n) is 4.05. The molecule has 5 heteroatoms. The number of aromatic nitrogens is 1. The van der Waals surface area contributed by atoms with Crippen LogP contribution < -0.4 is 0 Å². The summed E-state index contributed by atoms with van der Waals surface area (Å²) in [5.74, 6) is 2.01. The minimum Gasteiger partial charge on any atom is -0.377 e. The van der Waals surface area contributed by atoms with E-state index < -0.39 is 0 Å². The molecular weight excluding hydrogens is 308 g/mol. The second-order valence-electron chi connectivity index (χ2n) is 7.20. The molecule has 4 nitrogen and oxygen atoms in total. The van der Waals surface area contributed by atoms with Crippen molar-refractivity contribution in [2.24, 2.45) is 5.92 Å². The Bertz CT molecular complexity index is 553.